The predicted molar refractivity (Wildman–Crippen MR) is 62.0 cm³/mol. The Labute approximate surface area is 105 Å². The predicted octanol–water partition coefficient (Wildman–Crippen LogP) is -1.43. The van der Waals surface area contributed by atoms with Gasteiger partial charge in [0.2, 0.25) is 0 Å². The summed E-state index contributed by atoms with van der Waals surface area (Å²) in [7, 11) is 1.29. The van der Waals surface area contributed by atoms with Crippen molar-refractivity contribution in [2.75, 3.05) is 33.5 Å². The summed E-state index contributed by atoms with van der Waals surface area (Å²) in [6.07, 6.45) is 0.484. The maximum atomic E-state index is 11.5. The summed E-state index contributed by atoms with van der Waals surface area (Å²) in [5, 5.41) is 16.2. The molecule has 0 spiro atoms. The zero-order chi connectivity index (χ0) is 13.4. The summed E-state index contributed by atoms with van der Waals surface area (Å²) in [5.74, 6) is -0.527. The number of methoxy groups -OCH3 is 1. The Morgan fingerprint density at radius 2 is 2.28 bits per heavy atom. The molecule has 1 rings (SSSR count). The molecule has 0 unspecified atom stereocenters. The number of carbonyl (C=O) groups excluding carboxylic acids is 1. The van der Waals surface area contributed by atoms with Crippen LogP contribution in [0.5, 0.6) is 0 Å². The van der Waals surface area contributed by atoms with Crippen molar-refractivity contribution in [3.8, 4) is 0 Å². The molecule has 0 fully saturated rings. The highest BCUT2D eigenvalue weighted by Crippen LogP contribution is 2.07. The zero-order valence-corrected chi connectivity index (χ0v) is 10.3. The minimum Gasteiger partial charge on any atom is -0.464 e. The average Bonchev–Trinajstić information content (AvgIpc) is 2.77. The lowest BCUT2D eigenvalue weighted by atomic mass is 10.2. The number of carbonyl (C=O) groups is 1. The normalized spacial score (nSPS) is 10.6. The number of aliphatic hydroxyl groups excluding tert-OH is 1. The number of hydrogen-bond donors (Lipinski definition) is 2. The molecule has 3 N–H and O–H groups in total. The van der Waals surface area contributed by atoms with Gasteiger partial charge in [-0.15, -0.1) is 5.10 Å². The van der Waals surface area contributed by atoms with E-state index in [1.807, 2.05) is 0 Å². The summed E-state index contributed by atoms with van der Waals surface area (Å²) >= 11 is 0. The van der Waals surface area contributed by atoms with E-state index in [2.05, 4.69) is 15.0 Å². The Morgan fingerprint density at radius 3 is 2.89 bits per heavy atom. The van der Waals surface area contributed by atoms with Crippen molar-refractivity contribution >= 4 is 5.97 Å². The SMILES string of the molecule is COC(=O)c1nnn(CCOCCO)c1CCN. The minimum atomic E-state index is -0.527. The second-order valence-electron chi connectivity index (χ2n) is 3.47. The third kappa shape index (κ3) is 3.76. The molecule has 1 aromatic rings. The first-order chi connectivity index (χ1) is 8.74. The summed E-state index contributed by atoms with van der Waals surface area (Å²) in [4.78, 5) is 11.5. The Morgan fingerprint density at radius 1 is 1.50 bits per heavy atom. The van der Waals surface area contributed by atoms with E-state index in [0.717, 1.165) is 0 Å². The molecule has 0 radical (unpaired) electrons. The van der Waals surface area contributed by atoms with E-state index in [9.17, 15) is 4.79 Å². The van der Waals surface area contributed by atoms with Gasteiger partial charge in [-0.1, -0.05) is 5.21 Å². The van der Waals surface area contributed by atoms with E-state index >= 15 is 0 Å². The maximum absolute atomic E-state index is 11.5. The van der Waals surface area contributed by atoms with Crippen LogP contribution in [-0.4, -0.2) is 59.5 Å². The van der Waals surface area contributed by atoms with Gasteiger partial charge in [-0.05, 0) is 6.54 Å². The monoisotopic (exact) mass is 258 g/mol. The molecule has 0 saturated heterocycles. The van der Waals surface area contributed by atoms with Gasteiger partial charge in [0.1, 0.15) is 0 Å². The average molecular weight is 258 g/mol. The zero-order valence-electron chi connectivity index (χ0n) is 10.3. The highest BCUT2D eigenvalue weighted by Gasteiger charge is 2.19. The second-order valence-corrected chi connectivity index (χ2v) is 3.47. The van der Waals surface area contributed by atoms with Crippen LogP contribution in [0.3, 0.4) is 0 Å². The number of ether oxygens (including phenoxy) is 2. The molecule has 0 amide bonds. The first-order valence-electron chi connectivity index (χ1n) is 5.64. The molecule has 8 heteroatoms. The van der Waals surface area contributed by atoms with Gasteiger partial charge in [-0.3, -0.25) is 0 Å². The van der Waals surface area contributed by atoms with Gasteiger partial charge < -0.3 is 20.3 Å². The minimum absolute atomic E-state index is 0.0274. The smallest absolute Gasteiger partial charge is 0.360 e. The number of hydrogen-bond acceptors (Lipinski definition) is 7. The molecular weight excluding hydrogens is 240 g/mol. The Bertz CT molecular complexity index is 380. The molecular formula is C10H18N4O4. The van der Waals surface area contributed by atoms with Crippen LogP contribution in [0.15, 0.2) is 0 Å². The van der Waals surface area contributed by atoms with Gasteiger partial charge in [0.05, 0.1) is 39.2 Å². The molecule has 0 aliphatic rings. The maximum Gasteiger partial charge on any atom is 0.360 e. The standard InChI is InChI=1S/C10H18N4O4/c1-17-10(16)9-8(2-3-11)14(13-12-9)4-6-18-7-5-15/h15H,2-7,11H2,1H3. The van der Waals surface area contributed by atoms with E-state index in [4.69, 9.17) is 15.6 Å². The Hall–Kier alpha value is -1.51. The van der Waals surface area contributed by atoms with Crippen LogP contribution < -0.4 is 5.73 Å². The molecule has 0 aliphatic heterocycles. The van der Waals surface area contributed by atoms with Crippen molar-refractivity contribution in [3.63, 3.8) is 0 Å². The number of esters is 1. The van der Waals surface area contributed by atoms with Crippen molar-refractivity contribution in [3.05, 3.63) is 11.4 Å². The molecule has 1 heterocycles. The van der Waals surface area contributed by atoms with Crippen LogP contribution in [0.2, 0.25) is 0 Å². The van der Waals surface area contributed by atoms with E-state index in [1.165, 1.54) is 7.11 Å². The molecule has 0 atom stereocenters. The molecule has 0 aromatic carbocycles. The van der Waals surface area contributed by atoms with Crippen molar-refractivity contribution in [1.82, 2.24) is 15.0 Å². The van der Waals surface area contributed by atoms with Gasteiger partial charge >= 0.3 is 5.97 Å². The lowest BCUT2D eigenvalue weighted by Crippen LogP contribution is -2.16. The largest absolute Gasteiger partial charge is 0.464 e. The van der Waals surface area contributed by atoms with Crippen LogP contribution >= 0.6 is 0 Å². The van der Waals surface area contributed by atoms with E-state index in [0.29, 0.717) is 31.8 Å². The first kappa shape index (κ1) is 14.6. The van der Waals surface area contributed by atoms with Crippen molar-refractivity contribution in [2.45, 2.75) is 13.0 Å². The van der Waals surface area contributed by atoms with Crippen LogP contribution in [0.25, 0.3) is 0 Å². The fourth-order valence-electron chi connectivity index (χ4n) is 1.47. The molecule has 0 aliphatic carbocycles. The van der Waals surface area contributed by atoms with Gasteiger partial charge in [0, 0.05) is 6.42 Å². The van der Waals surface area contributed by atoms with Crippen LogP contribution in [-0.2, 0) is 22.4 Å². The molecule has 0 bridgehead atoms. The van der Waals surface area contributed by atoms with Gasteiger partial charge in [-0.2, -0.15) is 0 Å². The van der Waals surface area contributed by atoms with Gasteiger partial charge in [-0.25, -0.2) is 9.48 Å². The highest BCUT2D eigenvalue weighted by molar-refractivity contribution is 5.88. The number of rotatable bonds is 8. The fraction of sp³-hybridized carbons (Fsp3) is 0.700. The Balaban J connectivity index is 2.71. The number of nitrogens with zero attached hydrogens (tertiary/aromatic N) is 3. The molecule has 0 saturated carbocycles. The first-order valence-corrected chi connectivity index (χ1v) is 5.64. The molecule has 8 nitrogen and oxygen atoms in total. The van der Waals surface area contributed by atoms with Gasteiger partial charge in [0.25, 0.3) is 0 Å². The fourth-order valence-corrected chi connectivity index (χ4v) is 1.47. The quantitative estimate of drug-likeness (QED) is 0.434. The topological polar surface area (TPSA) is 112 Å². The lowest BCUT2D eigenvalue weighted by molar-refractivity contribution is 0.0592. The van der Waals surface area contributed by atoms with Crippen molar-refractivity contribution < 1.29 is 19.4 Å². The van der Waals surface area contributed by atoms with E-state index in [1.54, 1.807) is 4.68 Å². The molecule has 1 aromatic heterocycles. The molecule has 102 valence electrons. The third-order valence-electron chi connectivity index (χ3n) is 2.28. The van der Waals surface area contributed by atoms with Crippen molar-refractivity contribution in [1.29, 1.82) is 0 Å². The number of aromatic nitrogens is 3. The summed E-state index contributed by atoms with van der Waals surface area (Å²) < 4.78 is 11.3. The van der Waals surface area contributed by atoms with Crippen molar-refractivity contribution in [2.24, 2.45) is 5.73 Å². The van der Waals surface area contributed by atoms with E-state index in [-0.39, 0.29) is 18.9 Å². The molecule has 18 heavy (non-hydrogen) atoms. The van der Waals surface area contributed by atoms with Crippen LogP contribution in [0.1, 0.15) is 16.2 Å². The lowest BCUT2D eigenvalue weighted by Gasteiger charge is -2.06. The summed E-state index contributed by atoms with van der Waals surface area (Å²) in [6, 6.07) is 0. The highest BCUT2D eigenvalue weighted by atomic mass is 16.5. The summed E-state index contributed by atoms with van der Waals surface area (Å²) in [6.45, 7) is 1.45. The summed E-state index contributed by atoms with van der Waals surface area (Å²) in [5.41, 5.74) is 6.31. The second kappa shape index (κ2) is 7.75. The number of aliphatic hydroxyl groups is 1. The van der Waals surface area contributed by atoms with E-state index < -0.39 is 5.97 Å². The Kier molecular flexibility index (Phi) is 6.26. The van der Waals surface area contributed by atoms with Crippen LogP contribution in [0.4, 0.5) is 0 Å². The third-order valence-corrected chi connectivity index (χ3v) is 2.28. The van der Waals surface area contributed by atoms with Crippen LogP contribution in [0, 0.1) is 0 Å². The number of nitrogens with two attached hydrogens (primary N) is 1. The van der Waals surface area contributed by atoms with Gasteiger partial charge in [0.15, 0.2) is 5.69 Å².